The lowest BCUT2D eigenvalue weighted by Crippen LogP contribution is -2.15. The molecule has 2 rings (SSSR count). The molecular formula is C24H29NO3. The van der Waals surface area contributed by atoms with Gasteiger partial charge in [0.2, 0.25) is 0 Å². The summed E-state index contributed by atoms with van der Waals surface area (Å²) < 4.78 is 0. The number of hydrogen-bond acceptors (Lipinski definition) is 4. The first-order chi connectivity index (χ1) is 13.4. The van der Waals surface area contributed by atoms with Crippen molar-refractivity contribution < 1.29 is 15.3 Å². The number of aliphatic hydroxyl groups is 2. The van der Waals surface area contributed by atoms with Crippen LogP contribution in [0.15, 0.2) is 72.5 Å². The molecule has 0 amide bonds. The van der Waals surface area contributed by atoms with E-state index in [1.54, 1.807) is 30.5 Å². The first-order valence-electron chi connectivity index (χ1n) is 9.51. The van der Waals surface area contributed by atoms with E-state index in [1.165, 1.54) is 0 Å². The zero-order valence-electron chi connectivity index (χ0n) is 16.5. The fourth-order valence-corrected chi connectivity index (χ4v) is 3.00. The highest BCUT2D eigenvalue weighted by Gasteiger charge is 2.17. The molecule has 1 heterocycles. The highest BCUT2D eigenvalue weighted by atomic mass is 16.3. The summed E-state index contributed by atoms with van der Waals surface area (Å²) in [6.07, 6.45) is 5.67. The molecule has 2 aromatic rings. The molecule has 4 nitrogen and oxygen atoms in total. The van der Waals surface area contributed by atoms with E-state index >= 15 is 0 Å². The second-order valence-electron chi connectivity index (χ2n) is 7.06. The molecule has 0 spiro atoms. The molecular weight excluding hydrogens is 350 g/mol. The van der Waals surface area contributed by atoms with Crippen LogP contribution in [0.25, 0.3) is 11.6 Å². The molecule has 0 saturated heterocycles. The first-order valence-corrected chi connectivity index (χ1v) is 9.51. The zero-order chi connectivity index (χ0) is 20.5. The molecule has 0 aliphatic carbocycles. The minimum atomic E-state index is -0.724. The Bertz CT molecular complexity index is 838. The summed E-state index contributed by atoms with van der Waals surface area (Å²) in [6.45, 7) is 7.96. The second kappa shape index (κ2) is 10.6. The van der Waals surface area contributed by atoms with Crippen molar-refractivity contribution in [3.05, 3.63) is 83.7 Å². The van der Waals surface area contributed by atoms with Crippen LogP contribution >= 0.6 is 0 Å². The Morgan fingerprint density at radius 3 is 2.57 bits per heavy atom. The third kappa shape index (κ3) is 6.19. The SMILES string of the molecule is C=C(/C(=C/CO)C(O)CC/C(=C/c1cccc(O)c1)c1ccccn1)C(C)C. The van der Waals surface area contributed by atoms with Gasteiger partial charge < -0.3 is 15.3 Å². The monoisotopic (exact) mass is 379 g/mol. The van der Waals surface area contributed by atoms with Gasteiger partial charge in [0.05, 0.1) is 18.4 Å². The van der Waals surface area contributed by atoms with Gasteiger partial charge in [0.15, 0.2) is 0 Å². The molecule has 0 bridgehead atoms. The summed E-state index contributed by atoms with van der Waals surface area (Å²) in [5.41, 5.74) is 4.18. The maximum absolute atomic E-state index is 10.7. The Balaban J connectivity index is 2.26. The van der Waals surface area contributed by atoms with Crippen LogP contribution in [0.1, 0.15) is 37.9 Å². The Labute approximate surface area is 167 Å². The quantitative estimate of drug-likeness (QED) is 0.557. The van der Waals surface area contributed by atoms with E-state index in [4.69, 9.17) is 0 Å². The van der Waals surface area contributed by atoms with Gasteiger partial charge in [-0.2, -0.15) is 0 Å². The van der Waals surface area contributed by atoms with Crippen LogP contribution in [0.3, 0.4) is 0 Å². The van der Waals surface area contributed by atoms with E-state index in [1.807, 2.05) is 44.2 Å². The lowest BCUT2D eigenvalue weighted by atomic mass is 9.89. The number of aliphatic hydroxyl groups excluding tert-OH is 2. The number of hydrogen-bond donors (Lipinski definition) is 3. The third-order valence-electron chi connectivity index (χ3n) is 4.63. The molecule has 0 radical (unpaired) electrons. The number of phenolic OH excluding ortho intramolecular Hbond substituents is 1. The predicted molar refractivity (Wildman–Crippen MR) is 115 cm³/mol. The molecule has 1 unspecified atom stereocenters. The van der Waals surface area contributed by atoms with Crippen molar-refractivity contribution in [1.82, 2.24) is 4.98 Å². The molecule has 148 valence electrons. The van der Waals surface area contributed by atoms with Crippen molar-refractivity contribution in [3.8, 4) is 5.75 Å². The van der Waals surface area contributed by atoms with Crippen LogP contribution in [0, 0.1) is 5.92 Å². The number of aromatic nitrogens is 1. The lowest BCUT2D eigenvalue weighted by molar-refractivity contribution is 0.201. The van der Waals surface area contributed by atoms with Crippen LogP contribution < -0.4 is 0 Å². The van der Waals surface area contributed by atoms with Crippen LogP contribution in [0.5, 0.6) is 5.75 Å². The number of pyridine rings is 1. The van der Waals surface area contributed by atoms with Crippen LogP contribution in [-0.2, 0) is 0 Å². The van der Waals surface area contributed by atoms with Gasteiger partial charge in [-0.25, -0.2) is 0 Å². The summed E-state index contributed by atoms with van der Waals surface area (Å²) >= 11 is 0. The van der Waals surface area contributed by atoms with Crippen molar-refractivity contribution in [2.24, 2.45) is 5.92 Å². The molecule has 0 aliphatic heterocycles. The van der Waals surface area contributed by atoms with Crippen LogP contribution in [0.4, 0.5) is 0 Å². The van der Waals surface area contributed by atoms with E-state index in [0.717, 1.165) is 22.4 Å². The largest absolute Gasteiger partial charge is 0.508 e. The van der Waals surface area contributed by atoms with E-state index in [0.29, 0.717) is 18.4 Å². The van der Waals surface area contributed by atoms with Crippen LogP contribution in [-0.4, -0.2) is 33.0 Å². The highest BCUT2D eigenvalue weighted by Crippen LogP contribution is 2.28. The second-order valence-corrected chi connectivity index (χ2v) is 7.06. The number of benzene rings is 1. The average molecular weight is 380 g/mol. The Kier molecular flexibility index (Phi) is 8.18. The van der Waals surface area contributed by atoms with Gasteiger partial charge in [-0.15, -0.1) is 0 Å². The number of phenols is 1. The van der Waals surface area contributed by atoms with Crippen LogP contribution in [0.2, 0.25) is 0 Å². The van der Waals surface area contributed by atoms with Gasteiger partial charge in [0, 0.05) is 6.20 Å². The summed E-state index contributed by atoms with van der Waals surface area (Å²) in [7, 11) is 0. The molecule has 4 heteroatoms. The molecule has 3 N–H and O–H groups in total. The van der Waals surface area contributed by atoms with Crippen molar-refractivity contribution >= 4 is 11.6 Å². The minimum absolute atomic E-state index is 0.135. The molecule has 0 aliphatic rings. The minimum Gasteiger partial charge on any atom is -0.508 e. The zero-order valence-corrected chi connectivity index (χ0v) is 16.5. The van der Waals surface area contributed by atoms with Gasteiger partial charge in [-0.3, -0.25) is 4.98 Å². The maximum Gasteiger partial charge on any atom is 0.116 e. The van der Waals surface area contributed by atoms with Crippen molar-refractivity contribution in [3.63, 3.8) is 0 Å². The van der Waals surface area contributed by atoms with Gasteiger partial charge in [0.25, 0.3) is 0 Å². The van der Waals surface area contributed by atoms with Gasteiger partial charge in [-0.05, 0) is 71.4 Å². The van der Waals surface area contributed by atoms with Gasteiger partial charge >= 0.3 is 0 Å². The summed E-state index contributed by atoms with van der Waals surface area (Å²) in [5.74, 6) is 0.390. The normalized spacial score (nSPS) is 13.6. The number of rotatable bonds is 9. The molecule has 0 saturated carbocycles. The maximum atomic E-state index is 10.7. The van der Waals surface area contributed by atoms with E-state index in [2.05, 4.69) is 11.6 Å². The van der Waals surface area contributed by atoms with Crippen molar-refractivity contribution in [2.75, 3.05) is 6.61 Å². The number of nitrogens with zero attached hydrogens (tertiary/aromatic N) is 1. The fraction of sp³-hybridized carbons (Fsp3) is 0.292. The molecule has 0 fully saturated rings. The van der Waals surface area contributed by atoms with Gasteiger partial charge in [0.1, 0.15) is 5.75 Å². The molecule has 1 aromatic heterocycles. The Morgan fingerprint density at radius 2 is 1.96 bits per heavy atom. The van der Waals surface area contributed by atoms with E-state index < -0.39 is 6.10 Å². The molecule has 1 atom stereocenters. The standard InChI is InChI=1S/C24H29NO3/c1-17(2)18(3)22(12-14-26)24(28)11-10-20(23-9-4-5-13-25-23)15-19-7-6-8-21(27)16-19/h4-9,12-13,15-17,24,26-28H,3,10-11,14H2,1-2H3/b20-15-,22-12-. The van der Waals surface area contributed by atoms with Crippen molar-refractivity contribution in [1.29, 1.82) is 0 Å². The lowest BCUT2D eigenvalue weighted by Gasteiger charge is -2.20. The van der Waals surface area contributed by atoms with Crippen molar-refractivity contribution in [2.45, 2.75) is 32.8 Å². The fourth-order valence-electron chi connectivity index (χ4n) is 3.00. The molecule has 28 heavy (non-hydrogen) atoms. The van der Waals surface area contributed by atoms with E-state index in [9.17, 15) is 15.3 Å². The van der Waals surface area contributed by atoms with E-state index in [-0.39, 0.29) is 18.3 Å². The Morgan fingerprint density at radius 1 is 1.18 bits per heavy atom. The number of allylic oxidation sites excluding steroid dienone is 1. The Hall–Kier alpha value is -2.69. The predicted octanol–water partition coefficient (Wildman–Crippen LogP) is 4.60. The smallest absolute Gasteiger partial charge is 0.116 e. The number of aromatic hydroxyl groups is 1. The highest BCUT2D eigenvalue weighted by molar-refractivity contribution is 5.80. The topological polar surface area (TPSA) is 73.6 Å². The first kappa shape index (κ1) is 21.6. The summed E-state index contributed by atoms with van der Waals surface area (Å²) in [5, 5.41) is 29.8. The third-order valence-corrected chi connectivity index (χ3v) is 4.63. The summed E-state index contributed by atoms with van der Waals surface area (Å²) in [6, 6.07) is 12.7. The summed E-state index contributed by atoms with van der Waals surface area (Å²) in [4.78, 5) is 4.44. The average Bonchev–Trinajstić information content (AvgIpc) is 2.69. The van der Waals surface area contributed by atoms with Gasteiger partial charge in [-0.1, -0.05) is 44.7 Å². The molecule has 1 aromatic carbocycles.